The lowest BCUT2D eigenvalue weighted by atomic mass is 9.92. The van der Waals surface area contributed by atoms with Crippen molar-refractivity contribution in [2.24, 2.45) is 5.92 Å². The Hall–Kier alpha value is -3.18. The summed E-state index contributed by atoms with van der Waals surface area (Å²) in [7, 11) is 0. The number of nitrogens with one attached hydrogen (secondary N) is 1. The number of alkyl halides is 3. The van der Waals surface area contributed by atoms with Crippen molar-refractivity contribution in [2.75, 3.05) is 30.8 Å². The summed E-state index contributed by atoms with van der Waals surface area (Å²) >= 11 is 0. The highest BCUT2D eigenvalue weighted by atomic mass is 19.4. The number of halogens is 3. The molecule has 0 aliphatic carbocycles. The predicted molar refractivity (Wildman–Crippen MR) is 124 cm³/mol. The fraction of sp³-hybridized carbons (Fsp3) is 0.400. The normalized spacial score (nSPS) is 14.8. The number of aryl methyl sites for hydroxylation is 1. The fourth-order valence-electron chi connectivity index (χ4n) is 4.13. The molecule has 33 heavy (non-hydrogen) atoms. The first-order valence-corrected chi connectivity index (χ1v) is 11.1. The standard InChI is InChI=1S/C25H27F3N4O/c26-25(27,28)17-32-22(2-1-11-30-21-6-8-24(29)31-16-21)15-20-14-19(5-7-23(20)32)4-3-18-9-12-33-13-10-18/h5-8,14-16,18,30H,3-4,9-13,17H2,(H2,29,31). The highest BCUT2D eigenvalue weighted by Crippen LogP contribution is 2.27. The Morgan fingerprint density at radius 3 is 2.70 bits per heavy atom. The Morgan fingerprint density at radius 1 is 1.15 bits per heavy atom. The molecule has 3 aromatic rings. The first kappa shape index (κ1) is 23.0. The highest BCUT2D eigenvalue weighted by molar-refractivity contribution is 5.83. The summed E-state index contributed by atoms with van der Waals surface area (Å²) in [5.74, 6) is 6.88. The minimum atomic E-state index is -4.34. The van der Waals surface area contributed by atoms with Crippen LogP contribution in [0, 0.1) is 17.8 Å². The lowest BCUT2D eigenvalue weighted by Crippen LogP contribution is -2.18. The van der Waals surface area contributed by atoms with Crippen molar-refractivity contribution in [3.8, 4) is 11.8 Å². The van der Waals surface area contributed by atoms with Crippen LogP contribution in [-0.4, -0.2) is 35.5 Å². The largest absolute Gasteiger partial charge is 0.406 e. The summed E-state index contributed by atoms with van der Waals surface area (Å²) in [6, 6.07) is 10.9. The van der Waals surface area contributed by atoms with E-state index in [4.69, 9.17) is 10.5 Å². The van der Waals surface area contributed by atoms with Gasteiger partial charge in [0.1, 0.15) is 12.4 Å². The van der Waals surface area contributed by atoms with Gasteiger partial charge >= 0.3 is 6.18 Å². The molecule has 1 saturated heterocycles. The van der Waals surface area contributed by atoms with Crippen LogP contribution in [0.5, 0.6) is 0 Å². The van der Waals surface area contributed by atoms with E-state index in [0.29, 0.717) is 22.9 Å². The Balaban J connectivity index is 1.51. The van der Waals surface area contributed by atoms with Crippen molar-refractivity contribution in [1.29, 1.82) is 0 Å². The van der Waals surface area contributed by atoms with E-state index in [1.165, 1.54) is 4.57 Å². The number of nitrogens with zero attached hydrogens (tertiary/aromatic N) is 2. The molecule has 2 aromatic heterocycles. The average Bonchev–Trinajstić information content (AvgIpc) is 3.12. The maximum Gasteiger partial charge on any atom is 0.406 e. The Bertz CT molecular complexity index is 1140. The molecule has 0 radical (unpaired) electrons. The van der Waals surface area contributed by atoms with Gasteiger partial charge in [0.2, 0.25) is 0 Å². The van der Waals surface area contributed by atoms with Gasteiger partial charge in [0.25, 0.3) is 0 Å². The van der Waals surface area contributed by atoms with Gasteiger partial charge in [-0.05, 0) is 73.4 Å². The zero-order valence-electron chi connectivity index (χ0n) is 18.3. The number of nitrogens with two attached hydrogens (primary N) is 1. The molecule has 1 aliphatic rings. The highest BCUT2D eigenvalue weighted by Gasteiger charge is 2.29. The molecular weight excluding hydrogens is 429 g/mol. The topological polar surface area (TPSA) is 65.1 Å². The van der Waals surface area contributed by atoms with Crippen molar-refractivity contribution >= 4 is 22.4 Å². The molecule has 0 amide bonds. The van der Waals surface area contributed by atoms with E-state index >= 15 is 0 Å². The van der Waals surface area contributed by atoms with Crippen LogP contribution in [0.25, 0.3) is 10.9 Å². The molecule has 0 saturated carbocycles. The first-order chi connectivity index (χ1) is 15.9. The Morgan fingerprint density at radius 2 is 1.97 bits per heavy atom. The van der Waals surface area contributed by atoms with Gasteiger partial charge in [-0.15, -0.1) is 0 Å². The number of pyridine rings is 1. The third-order valence-electron chi connectivity index (χ3n) is 5.87. The second kappa shape index (κ2) is 10.2. The van der Waals surface area contributed by atoms with E-state index in [0.717, 1.165) is 55.5 Å². The lowest BCUT2D eigenvalue weighted by Gasteiger charge is -2.21. The fourth-order valence-corrected chi connectivity index (χ4v) is 4.13. The maximum atomic E-state index is 13.3. The zero-order valence-corrected chi connectivity index (χ0v) is 18.3. The van der Waals surface area contributed by atoms with E-state index in [9.17, 15) is 13.2 Å². The molecule has 3 heterocycles. The van der Waals surface area contributed by atoms with Gasteiger partial charge in [0.05, 0.1) is 24.1 Å². The van der Waals surface area contributed by atoms with Gasteiger partial charge in [0, 0.05) is 24.1 Å². The number of anilines is 2. The van der Waals surface area contributed by atoms with Crippen molar-refractivity contribution < 1.29 is 17.9 Å². The van der Waals surface area contributed by atoms with Crippen LogP contribution in [0.1, 0.15) is 30.5 Å². The van der Waals surface area contributed by atoms with Crippen molar-refractivity contribution in [2.45, 2.75) is 38.4 Å². The summed E-state index contributed by atoms with van der Waals surface area (Å²) < 4.78 is 46.5. The molecule has 0 bridgehead atoms. The molecule has 8 heteroatoms. The van der Waals surface area contributed by atoms with Crippen molar-refractivity contribution in [3.05, 3.63) is 53.9 Å². The number of fused-ring (bicyclic) bond motifs is 1. The van der Waals surface area contributed by atoms with Crippen LogP contribution in [0.4, 0.5) is 24.7 Å². The predicted octanol–water partition coefficient (Wildman–Crippen LogP) is 5.00. The summed E-state index contributed by atoms with van der Waals surface area (Å²) in [6.45, 7) is 0.832. The minimum absolute atomic E-state index is 0.273. The van der Waals surface area contributed by atoms with Gasteiger partial charge in [-0.3, -0.25) is 0 Å². The van der Waals surface area contributed by atoms with Gasteiger partial charge in [-0.1, -0.05) is 12.0 Å². The summed E-state index contributed by atoms with van der Waals surface area (Å²) in [5.41, 5.74) is 8.33. The van der Waals surface area contributed by atoms with Gasteiger partial charge in [-0.25, -0.2) is 4.98 Å². The van der Waals surface area contributed by atoms with Crippen LogP contribution < -0.4 is 11.1 Å². The Kier molecular flexibility index (Phi) is 7.09. The number of nitrogen functional groups attached to an aromatic ring is 1. The van der Waals surface area contributed by atoms with Gasteiger partial charge < -0.3 is 20.4 Å². The van der Waals surface area contributed by atoms with E-state index in [2.05, 4.69) is 22.1 Å². The summed E-state index contributed by atoms with van der Waals surface area (Å²) in [4.78, 5) is 3.98. The van der Waals surface area contributed by atoms with E-state index < -0.39 is 12.7 Å². The van der Waals surface area contributed by atoms with E-state index in [1.807, 2.05) is 12.1 Å². The SMILES string of the molecule is Nc1ccc(NCC#Cc2cc3cc(CCC4CCOCC4)ccc3n2CC(F)(F)F)cn1. The monoisotopic (exact) mass is 456 g/mol. The second-order valence-electron chi connectivity index (χ2n) is 8.35. The summed E-state index contributed by atoms with van der Waals surface area (Å²) in [6.07, 6.45) is 1.37. The zero-order chi connectivity index (χ0) is 23.3. The Labute approximate surface area is 191 Å². The molecule has 0 spiro atoms. The number of ether oxygens (including phenoxy) is 1. The molecule has 1 fully saturated rings. The minimum Gasteiger partial charge on any atom is -0.384 e. The van der Waals surface area contributed by atoms with Crippen LogP contribution in [-0.2, 0) is 17.7 Å². The number of hydrogen-bond acceptors (Lipinski definition) is 4. The molecule has 174 valence electrons. The number of benzene rings is 1. The average molecular weight is 457 g/mol. The van der Waals surface area contributed by atoms with Crippen molar-refractivity contribution in [1.82, 2.24) is 9.55 Å². The van der Waals surface area contributed by atoms with Crippen LogP contribution in [0.3, 0.4) is 0 Å². The van der Waals surface area contributed by atoms with Gasteiger partial charge in [0.15, 0.2) is 0 Å². The van der Waals surface area contributed by atoms with Crippen molar-refractivity contribution in [3.63, 3.8) is 0 Å². The van der Waals surface area contributed by atoms with Gasteiger partial charge in [-0.2, -0.15) is 13.2 Å². The smallest absolute Gasteiger partial charge is 0.384 e. The molecule has 0 unspecified atom stereocenters. The maximum absolute atomic E-state index is 13.3. The van der Waals surface area contributed by atoms with Crippen LogP contribution >= 0.6 is 0 Å². The number of rotatable bonds is 6. The van der Waals surface area contributed by atoms with E-state index in [-0.39, 0.29) is 6.54 Å². The molecule has 5 nitrogen and oxygen atoms in total. The molecule has 3 N–H and O–H groups in total. The lowest BCUT2D eigenvalue weighted by molar-refractivity contribution is -0.140. The third kappa shape index (κ3) is 6.42. The van der Waals surface area contributed by atoms with E-state index in [1.54, 1.807) is 30.5 Å². The first-order valence-electron chi connectivity index (χ1n) is 11.1. The second-order valence-corrected chi connectivity index (χ2v) is 8.35. The number of hydrogen-bond donors (Lipinski definition) is 2. The molecule has 0 atom stereocenters. The molecule has 4 rings (SSSR count). The molecule has 1 aliphatic heterocycles. The molecule has 1 aromatic carbocycles. The van der Waals surface area contributed by atoms with Crippen LogP contribution in [0.2, 0.25) is 0 Å². The van der Waals surface area contributed by atoms with Crippen LogP contribution in [0.15, 0.2) is 42.6 Å². The third-order valence-corrected chi connectivity index (χ3v) is 5.87. The quantitative estimate of drug-likeness (QED) is 0.512. The number of aromatic nitrogens is 2. The summed E-state index contributed by atoms with van der Waals surface area (Å²) in [5, 5.41) is 3.85. The molecular formula is C25H27F3N4O.